The van der Waals surface area contributed by atoms with Crippen LogP contribution in [-0.4, -0.2) is 24.1 Å². The molecular formula is C12H19ClN2O2. The highest BCUT2D eigenvalue weighted by atomic mass is 35.5. The molecule has 0 aliphatic carbocycles. The van der Waals surface area contributed by atoms with Gasteiger partial charge in [0.05, 0.1) is 6.10 Å². The Bertz CT molecular complexity index is 358. The lowest BCUT2D eigenvalue weighted by Crippen LogP contribution is -2.29. The third kappa shape index (κ3) is 5.17. The van der Waals surface area contributed by atoms with Gasteiger partial charge in [0, 0.05) is 19.5 Å². The molecule has 1 unspecified atom stereocenters. The number of hydrogen-bond donors (Lipinski definition) is 3. The smallest absolute Gasteiger partial charge is 0.221 e. The van der Waals surface area contributed by atoms with Gasteiger partial charge in [0.1, 0.15) is 0 Å². The quantitative estimate of drug-likeness (QED) is 0.735. The first-order valence-corrected chi connectivity index (χ1v) is 5.35. The summed E-state index contributed by atoms with van der Waals surface area (Å²) in [5.41, 5.74) is 7.11. The van der Waals surface area contributed by atoms with Crippen LogP contribution in [0.2, 0.25) is 0 Å². The molecule has 5 heteroatoms. The van der Waals surface area contributed by atoms with E-state index >= 15 is 0 Å². The van der Waals surface area contributed by atoms with Crippen molar-refractivity contribution in [1.82, 2.24) is 5.32 Å². The number of amides is 1. The summed E-state index contributed by atoms with van der Waals surface area (Å²) in [5, 5.41) is 12.5. The van der Waals surface area contributed by atoms with E-state index in [1.807, 2.05) is 31.2 Å². The van der Waals surface area contributed by atoms with E-state index in [2.05, 4.69) is 5.32 Å². The molecule has 4 N–H and O–H groups in total. The van der Waals surface area contributed by atoms with Crippen molar-refractivity contribution in [3.8, 4) is 0 Å². The maximum Gasteiger partial charge on any atom is 0.221 e. The molecule has 0 heterocycles. The Labute approximate surface area is 108 Å². The van der Waals surface area contributed by atoms with Gasteiger partial charge in [0.25, 0.3) is 0 Å². The fourth-order valence-corrected chi connectivity index (χ4v) is 1.50. The van der Waals surface area contributed by atoms with E-state index < -0.39 is 6.10 Å². The highest BCUT2D eigenvalue weighted by molar-refractivity contribution is 5.85. The van der Waals surface area contributed by atoms with Crippen LogP contribution in [0.25, 0.3) is 0 Å². The molecule has 0 saturated carbocycles. The molecule has 0 aromatic heterocycles. The Balaban J connectivity index is 0.00000256. The van der Waals surface area contributed by atoms with Crippen molar-refractivity contribution in [3.63, 3.8) is 0 Å². The second kappa shape index (κ2) is 8.06. The van der Waals surface area contributed by atoms with E-state index in [9.17, 15) is 9.90 Å². The first-order valence-electron chi connectivity index (χ1n) is 5.35. The van der Waals surface area contributed by atoms with Crippen LogP contribution in [0.15, 0.2) is 24.3 Å². The second-order valence-corrected chi connectivity index (χ2v) is 3.72. The van der Waals surface area contributed by atoms with Crippen LogP contribution in [0.3, 0.4) is 0 Å². The van der Waals surface area contributed by atoms with Crippen LogP contribution < -0.4 is 11.1 Å². The lowest BCUT2D eigenvalue weighted by molar-refractivity contribution is -0.121. The second-order valence-electron chi connectivity index (χ2n) is 3.72. The van der Waals surface area contributed by atoms with Crippen LogP contribution >= 0.6 is 12.4 Å². The van der Waals surface area contributed by atoms with Crippen LogP contribution in [0.5, 0.6) is 0 Å². The average Bonchev–Trinajstić information content (AvgIpc) is 2.27. The van der Waals surface area contributed by atoms with Crippen LogP contribution in [-0.2, 0) is 4.79 Å². The van der Waals surface area contributed by atoms with Gasteiger partial charge in [0.15, 0.2) is 0 Å². The van der Waals surface area contributed by atoms with Crippen molar-refractivity contribution in [2.45, 2.75) is 19.4 Å². The zero-order chi connectivity index (χ0) is 12.0. The molecule has 1 aromatic rings. The molecule has 1 atom stereocenters. The number of aliphatic hydroxyl groups excluding tert-OH is 1. The van der Waals surface area contributed by atoms with Crippen molar-refractivity contribution in [2.75, 3.05) is 13.1 Å². The van der Waals surface area contributed by atoms with E-state index in [0.29, 0.717) is 13.0 Å². The normalized spacial score (nSPS) is 11.5. The monoisotopic (exact) mass is 258 g/mol. The van der Waals surface area contributed by atoms with Gasteiger partial charge >= 0.3 is 0 Å². The minimum atomic E-state index is -0.664. The third-order valence-electron chi connectivity index (χ3n) is 2.41. The van der Waals surface area contributed by atoms with Gasteiger partial charge in [-0.15, -0.1) is 12.4 Å². The maximum atomic E-state index is 11.2. The van der Waals surface area contributed by atoms with Crippen molar-refractivity contribution in [3.05, 3.63) is 35.4 Å². The Hall–Kier alpha value is -1.10. The average molecular weight is 259 g/mol. The number of halogens is 1. The topological polar surface area (TPSA) is 75.3 Å². The molecule has 4 nitrogen and oxygen atoms in total. The number of nitrogens with one attached hydrogen (secondary N) is 1. The molecular weight excluding hydrogens is 240 g/mol. The fourth-order valence-electron chi connectivity index (χ4n) is 1.50. The molecule has 0 aliphatic heterocycles. The van der Waals surface area contributed by atoms with E-state index in [0.717, 1.165) is 11.1 Å². The molecule has 96 valence electrons. The number of hydrogen-bond acceptors (Lipinski definition) is 3. The van der Waals surface area contributed by atoms with Gasteiger partial charge in [-0.05, 0) is 18.1 Å². The Morgan fingerprint density at radius 2 is 2.12 bits per heavy atom. The van der Waals surface area contributed by atoms with Crippen molar-refractivity contribution < 1.29 is 9.90 Å². The predicted octanol–water partition coefficient (Wildman–Crippen LogP) is 0.915. The SMILES string of the molecule is Cc1ccccc1C(O)CNC(=O)CCN.Cl. The minimum absolute atomic E-state index is 0. The zero-order valence-electron chi connectivity index (χ0n) is 9.85. The lowest BCUT2D eigenvalue weighted by atomic mass is 10.0. The molecule has 0 radical (unpaired) electrons. The van der Waals surface area contributed by atoms with Crippen LogP contribution in [0, 0.1) is 6.92 Å². The van der Waals surface area contributed by atoms with Gasteiger partial charge in [-0.25, -0.2) is 0 Å². The standard InChI is InChI=1S/C12H18N2O2.ClH/c1-9-4-2-3-5-10(9)11(15)8-14-12(16)6-7-13;/h2-5,11,15H,6-8,13H2,1H3,(H,14,16);1H. The summed E-state index contributed by atoms with van der Waals surface area (Å²) in [4.78, 5) is 11.2. The number of aryl methyl sites for hydroxylation is 1. The highest BCUT2D eigenvalue weighted by Crippen LogP contribution is 2.16. The third-order valence-corrected chi connectivity index (χ3v) is 2.41. The summed E-state index contributed by atoms with van der Waals surface area (Å²) in [7, 11) is 0. The van der Waals surface area contributed by atoms with Gasteiger partial charge in [0.2, 0.25) is 5.91 Å². The summed E-state index contributed by atoms with van der Waals surface area (Å²) < 4.78 is 0. The van der Waals surface area contributed by atoms with Gasteiger partial charge in [-0.2, -0.15) is 0 Å². The van der Waals surface area contributed by atoms with Crippen molar-refractivity contribution in [2.24, 2.45) is 5.73 Å². The number of benzene rings is 1. The molecule has 17 heavy (non-hydrogen) atoms. The van der Waals surface area contributed by atoms with Crippen LogP contribution in [0.1, 0.15) is 23.7 Å². The Morgan fingerprint density at radius 1 is 1.47 bits per heavy atom. The number of carbonyl (C=O) groups excluding carboxylic acids is 1. The first kappa shape index (κ1) is 15.9. The van der Waals surface area contributed by atoms with Crippen molar-refractivity contribution >= 4 is 18.3 Å². The van der Waals surface area contributed by atoms with E-state index in [-0.39, 0.29) is 24.9 Å². The van der Waals surface area contributed by atoms with E-state index in [1.165, 1.54) is 0 Å². The molecule has 0 fully saturated rings. The fraction of sp³-hybridized carbons (Fsp3) is 0.417. The molecule has 0 spiro atoms. The molecule has 0 bridgehead atoms. The molecule has 1 amide bonds. The number of aliphatic hydroxyl groups is 1. The molecule has 1 rings (SSSR count). The molecule has 0 aliphatic rings. The zero-order valence-corrected chi connectivity index (χ0v) is 10.7. The largest absolute Gasteiger partial charge is 0.387 e. The highest BCUT2D eigenvalue weighted by Gasteiger charge is 2.10. The number of carbonyl (C=O) groups is 1. The Morgan fingerprint density at radius 3 is 2.71 bits per heavy atom. The van der Waals surface area contributed by atoms with Crippen LogP contribution in [0.4, 0.5) is 0 Å². The van der Waals surface area contributed by atoms with Gasteiger partial charge < -0.3 is 16.2 Å². The lowest BCUT2D eigenvalue weighted by Gasteiger charge is -2.14. The minimum Gasteiger partial charge on any atom is -0.387 e. The Kier molecular flexibility index (Phi) is 7.54. The number of rotatable bonds is 5. The summed E-state index contributed by atoms with van der Waals surface area (Å²) in [5.74, 6) is -0.130. The number of nitrogens with two attached hydrogens (primary N) is 1. The summed E-state index contributed by atoms with van der Waals surface area (Å²) >= 11 is 0. The van der Waals surface area contributed by atoms with E-state index in [4.69, 9.17) is 5.73 Å². The predicted molar refractivity (Wildman–Crippen MR) is 70.1 cm³/mol. The van der Waals surface area contributed by atoms with Gasteiger partial charge in [-0.1, -0.05) is 24.3 Å². The summed E-state index contributed by atoms with van der Waals surface area (Å²) in [6, 6.07) is 7.57. The first-order chi connectivity index (χ1) is 7.65. The molecule has 0 saturated heterocycles. The van der Waals surface area contributed by atoms with Gasteiger partial charge in [-0.3, -0.25) is 4.79 Å². The summed E-state index contributed by atoms with van der Waals surface area (Å²) in [6.45, 7) is 2.48. The summed E-state index contributed by atoms with van der Waals surface area (Å²) in [6.07, 6.45) is -0.372. The maximum absolute atomic E-state index is 11.2. The van der Waals surface area contributed by atoms with Crippen molar-refractivity contribution in [1.29, 1.82) is 0 Å². The molecule has 1 aromatic carbocycles. The van der Waals surface area contributed by atoms with E-state index in [1.54, 1.807) is 0 Å².